The Hall–Kier alpha value is -2.96. The number of hydrogen-bond acceptors (Lipinski definition) is 10. The minimum atomic E-state index is -1.98. The highest BCUT2D eigenvalue weighted by atomic mass is 19.1. The van der Waals surface area contributed by atoms with Crippen LogP contribution >= 0.6 is 0 Å². The van der Waals surface area contributed by atoms with Gasteiger partial charge in [-0.15, -0.1) is 0 Å². The minimum absolute atomic E-state index is 0.0206. The Kier molecular flexibility index (Phi) is 9.11. The third-order valence-electron chi connectivity index (χ3n) is 16.8. The second kappa shape index (κ2) is 12.5. The van der Waals surface area contributed by atoms with E-state index in [-0.39, 0.29) is 53.9 Å². The number of ketones is 5. The molecule has 0 aromatic carbocycles. The van der Waals surface area contributed by atoms with Crippen molar-refractivity contribution in [3.05, 3.63) is 47.6 Å². The van der Waals surface area contributed by atoms with Crippen LogP contribution in [0.4, 0.5) is 4.39 Å². The van der Waals surface area contributed by atoms with Crippen molar-refractivity contribution in [2.75, 3.05) is 13.2 Å². The highest BCUT2D eigenvalue weighted by molar-refractivity contribution is 6.02. The molecule has 5 N–H and O–H groups in total. The topological polar surface area (TPSA) is 186 Å². The standard InChI is InChI=1S/C22H29FO5.C21H26O5/c1-12-8-16-15-5-4-13-9-14(25)6-7-19(13,2)21(15,23)17(26)10-20(16,3)22(12,28)18(27)11-24;1-19-7-5-13(23)9-12(19)3-4-14-15-6-8-21(26,17(25)11-22)20(15,2)10-16(24)18(14)19/h6-7,9,12,15-17,24,26,28H,4-5,8,10-11H2,1-3H3;5,7,9,14-15,18,22,26H,3-4,6,8,10-11H2,1-2H3/t12-,15+,16+,17+,19+,20+,21+,22+;14-,15-,18+,19-,20-,21-/m10/s1. The second-order valence-electron chi connectivity index (χ2n) is 18.8. The molecule has 8 aliphatic rings. The molecule has 14 atom stereocenters. The first kappa shape index (κ1) is 39.3. The van der Waals surface area contributed by atoms with Gasteiger partial charge in [-0.05, 0) is 106 Å². The van der Waals surface area contributed by atoms with Gasteiger partial charge < -0.3 is 25.5 Å². The lowest BCUT2D eigenvalue weighted by molar-refractivity contribution is -0.219. The van der Waals surface area contributed by atoms with Gasteiger partial charge in [0.2, 0.25) is 0 Å². The summed E-state index contributed by atoms with van der Waals surface area (Å²) in [5.74, 6) is -2.71. The van der Waals surface area contributed by atoms with Gasteiger partial charge in [-0.1, -0.05) is 51.0 Å². The average Bonchev–Trinajstić information content (AvgIpc) is 3.51. The van der Waals surface area contributed by atoms with Crippen LogP contribution in [-0.4, -0.2) is 90.6 Å². The molecule has 294 valence electrons. The fourth-order valence-corrected chi connectivity index (χ4v) is 13.9. The van der Waals surface area contributed by atoms with Crippen LogP contribution in [0.25, 0.3) is 0 Å². The van der Waals surface area contributed by atoms with E-state index >= 15 is 4.39 Å². The van der Waals surface area contributed by atoms with E-state index in [2.05, 4.69) is 0 Å². The molecule has 0 saturated heterocycles. The Balaban J connectivity index is 0.000000167. The Morgan fingerprint density at radius 1 is 0.815 bits per heavy atom. The first-order chi connectivity index (χ1) is 25.1. The SMILES string of the molecule is C[C@@H]1C[C@H]2[C@@H]3CCC4=CC(=O)C=C[C@]4(C)[C@@]3(F)[C@@H](O)C[C@]2(C)[C@@]1(O)C(=O)CO.C[C@]12C=CC(=O)C=C1CC[C@@H]1[C@@H]2C(=O)C[C@@]2(C)[C@H]1CC[C@]2(O)C(=O)CO. The molecule has 0 radical (unpaired) electrons. The molecule has 6 saturated carbocycles. The van der Waals surface area contributed by atoms with E-state index in [1.807, 2.05) is 19.9 Å². The van der Waals surface area contributed by atoms with Gasteiger partial charge in [0.05, 0.1) is 6.10 Å². The Morgan fingerprint density at radius 2 is 1.43 bits per heavy atom. The summed E-state index contributed by atoms with van der Waals surface area (Å²) >= 11 is 0. The lowest BCUT2D eigenvalue weighted by atomic mass is 9.44. The second-order valence-corrected chi connectivity index (χ2v) is 18.8. The van der Waals surface area contributed by atoms with Crippen molar-refractivity contribution in [3.63, 3.8) is 0 Å². The number of alkyl halides is 1. The van der Waals surface area contributed by atoms with Crippen LogP contribution in [-0.2, 0) is 24.0 Å². The van der Waals surface area contributed by atoms with E-state index in [0.29, 0.717) is 37.7 Å². The van der Waals surface area contributed by atoms with E-state index < -0.39 is 81.3 Å². The summed E-state index contributed by atoms with van der Waals surface area (Å²) in [4.78, 5) is 61.8. The van der Waals surface area contributed by atoms with Gasteiger partial charge in [-0.2, -0.15) is 0 Å². The molecule has 8 rings (SSSR count). The predicted molar refractivity (Wildman–Crippen MR) is 194 cm³/mol. The van der Waals surface area contributed by atoms with Crippen molar-refractivity contribution in [3.8, 4) is 0 Å². The molecule has 0 bridgehead atoms. The molecule has 6 fully saturated rings. The van der Waals surface area contributed by atoms with Gasteiger partial charge in [0.1, 0.15) is 30.2 Å². The van der Waals surface area contributed by atoms with E-state index in [1.165, 1.54) is 12.2 Å². The number of halogens is 1. The third kappa shape index (κ3) is 4.77. The smallest absolute Gasteiger partial charge is 0.190 e. The van der Waals surface area contributed by atoms with Crippen LogP contribution in [0, 0.1) is 57.2 Å². The number of Topliss-reactive ketones (excluding diaryl/α,β-unsaturated/α-hetero) is 3. The fourth-order valence-electron chi connectivity index (χ4n) is 13.9. The summed E-state index contributed by atoms with van der Waals surface area (Å²) in [6, 6.07) is 0. The van der Waals surface area contributed by atoms with E-state index in [1.54, 1.807) is 39.0 Å². The summed E-state index contributed by atoms with van der Waals surface area (Å²) in [6.45, 7) is 7.67. The molecule has 0 aromatic rings. The van der Waals surface area contributed by atoms with Gasteiger partial charge in [0.25, 0.3) is 0 Å². The summed E-state index contributed by atoms with van der Waals surface area (Å²) in [5.41, 5.74) is -7.03. The average molecular weight is 751 g/mol. The quantitative estimate of drug-likeness (QED) is 0.284. The normalized spacial score (nSPS) is 49.9. The number of rotatable bonds is 4. The molecule has 0 aliphatic heterocycles. The van der Waals surface area contributed by atoms with Crippen molar-refractivity contribution >= 4 is 28.9 Å². The molecular formula is C43H55FO10. The number of carbonyl (C=O) groups excluding carboxylic acids is 5. The Bertz CT molecular complexity index is 1830. The Morgan fingerprint density at radius 3 is 2.07 bits per heavy atom. The van der Waals surface area contributed by atoms with Crippen LogP contribution in [0.3, 0.4) is 0 Å². The highest BCUT2D eigenvalue weighted by Crippen LogP contribution is 2.71. The van der Waals surface area contributed by atoms with Gasteiger partial charge in [-0.3, -0.25) is 24.0 Å². The fraction of sp³-hybridized carbons (Fsp3) is 0.698. The highest BCUT2D eigenvalue weighted by Gasteiger charge is 2.75. The minimum Gasteiger partial charge on any atom is -0.390 e. The summed E-state index contributed by atoms with van der Waals surface area (Å²) in [6.07, 6.45) is 12.3. The number of carbonyl (C=O) groups is 5. The van der Waals surface area contributed by atoms with Crippen molar-refractivity contribution in [2.45, 2.75) is 115 Å². The molecule has 11 heteroatoms. The molecule has 0 aromatic heterocycles. The maximum Gasteiger partial charge on any atom is 0.190 e. The van der Waals surface area contributed by atoms with Gasteiger partial charge in [0, 0.05) is 39.9 Å². The van der Waals surface area contributed by atoms with Crippen LogP contribution < -0.4 is 0 Å². The van der Waals surface area contributed by atoms with Crippen molar-refractivity contribution in [1.29, 1.82) is 0 Å². The number of allylic oxidation sites excluding steroid dienone is 8. The van der Waals surface area contributed by atoms with Gasteiger partial charge >= 0.3 is 0 Å². The first-order valence-electron chi connectivity index (χ1n) is 19.6. The summed E-state index contributed by atoms with van der Waals surface area (Å²) < 4.78 is 16.9. The largest absolute Gasteiger partial charge is 0.390 e. The lowest BCUT2D eigenvalue weighted by Crippen LogP contribution is -2.69. The molecule has 10 nitrogen and oxygen atoms in total. The number of aliphatic hydroxyl groups excluding tert-OH is 3. The maximum atomic E-state index is 16.9. The molecule has 0 amide bonds. The number of hydrogen-bond donors (Lipinski definition) is 5. The number of fused-ring (bicyclic) bond motifs is 10. The van der Waals surface area contributed by atoms with Crippen LogP contribution in [0.5, 0.6) is 0 Å². The van der Waals surface area contributed by atoms with Crippen molar-refractivity contribution in [1.82, 2.24) is 0 Å². The van der Waals surface area contributed by atoms with Crippen molar-refractivity contribution < 1.29 is 53.9 Å². The van der Waals surface area contributed by atoms with E-state index in [0.717, 1.165) is 18.4 Å². The van der Waals surface area contributed by atoms with Gasteiger partial charge in [-0.25, -0.2) is 4.39 Å². The molecular weight excluding hydrogens is 695 g/mol. The predicted octanol–water partition coefficient (Wildman–Crippen LogP) is 3.66. The van der Waals surface area contributed by atoms with Crippen LogP contribution in [0.2, 0.25) is 0 Å². The van der Waals surface area contributed by atoms with Gasteiger partial charge in [0.15, 0.2) is 28.8 Å². The van der Waals surface area contributed by atoms with E-state index in [9.17, 15) is 49.5 Å². The molecule has 0 spiro atoms. The zero-order chi connectivity index (χ0) is 39.6. The summed E-state index contributed by atoms with van der Waals surface area (Å²) in [7, 11) is 0. The van der Waals surface area contributed by atoms with Crippen molar-refractivity contribution in [2.24, 2.45) is 57.2 Å². The molecule has 0 heterocycles. The summed E-state index contributed by atoms with van der Waals surface area (Å²) in [5, 5.41) is 52.4. The zero-order valence-electron chi connectivity index (χ0n) is 31.9. The monoisotopic (exact) mass is 750 g/mol. The maximum absolute atomic E-state index is 16.9. The zero-order valence-corrected chi connectivity index (χ0v) is 31.9. The van der Waals surface area contributed by atoms with Crippen LogP contribution in [0.15, 0.2) is 47.6 Å². The van der Waals surface area contributed by atoms with Crippen LogP contribution in [0.1, 0.15) is 92.4 Å². The third-order valence-corrected chi connectivity index (χ3v) is 16.8. The Labute approximate surface area is 315 Å². The molecule has 0 unspecified atom stereocenters. The lowest BCUT2D eigenvalue weighted by Gasteiger charge is -2.62. The molecule has 8 aliphatic carbocycles. The van der Waals surface area contributed by atoms with E-state index in [4.69, 9.17) is 0 Å². The number of aliphatic hydroxyl groups is 5. The molecule has 54 heavy (non-hydrogen) atoms. The first-order valence-corrected chi connectivity index (χ1v) is 19.6.